The molecule has 0 bridgehead atoms. The molecule has 16 heavy (non-hydrogen) atoms. The molecule has 0 fully saturated rings. The molecule has 6 nitrogen and oxygen atoms in total. The molecule has 0 N–H and O–H groups in total. The van der Waals surface area contributed by atoms with Crippen LogP contribution in [0.2, 0.25) is 0 Å². The van der Waals surface area contributed by atoms with E-state index in [2.05, 4.69) is 0 Å². The van der Waals surface area contributed by atoms with Crippen LogP contribution in [0.4, 0.5) is 0 Å². The Hall–Kier alpha value is -0.960. The highest BCUT2D eigenvalue weighted by Crippen LogP contribution is 2.08. The predicted molar refractivity (Wildman–Crippen MR) is 54.8 cm³/mol. The quantitative estimate of drug-likeness (QED) is 0.664. The monoisotopic (exact) mass is 266 g/mol. The smallest absolute Gasteiger partial charge is 0.124 e. The molecule has 0 aliphatic heterocycles. The summed E-state index contributed by atoms with van der Waals surface area (Å²) in [4.78, 5) is -0.178. The van der Waals surface area contributed by atoms with E-state index in [0.29, 0.717) is 6.26 Å². The fourth-order valence-corrected chi connectivity index (χ4v) is 1.17. The average molecular weight is 266 g/mol. The molecule has 0 aliphatic carbocycles. The normalized spacial score (nSPS) is 11.5. The van der Waals surface area contributed by atoms with E-state index in [4.69, 9.17) is 13.0 Å². The van der Waals surface area contributed by atoms with Crippen molar-refractivity contribution in [1.29, 1.82) is 0 Å². The molecule has 0 amide bonds. The minimum atomic E-state index is -4.27. The van der Waals surface area contributed by atoms with Gasteiger partial charge in [-0.05, 0) is 19.1 Å². The van der Waals surface area contributed by atoms with Crippen LogP contribution in [0.5, 0.6) is 0 Å². The first kappa shape index (κ1) is 15.0. The lowest BCUT2D eigenvalue weighted by atomic mass is 10.2. The third-order valence-electron chi connectivity index (χ3n) is 1.31. The second kappa shape index (κ2) is 5.39. The van der Waals surface area contributed by atoms with E-state index < -0.39 is 20.2 Å². The Morgan fingerprint density at radius 3 is 1.50 bits per heavy atom. The molecule has 1 rings (SSSR count). The van der Waals surface area contributed by atoms with Crippen molar-refractivity contribution in [3.05, 3.63) is 29.8 Å². The molecule has 0 saturated carbocycles. The van der Waals surface area contributed by atoms with Gasteiger partial charge in [-0.15, -0.1) is 0 Å². The Kier molecular flexibility index (Phi) is 5.07. The molecule has 0 spiro atoms. The van der Waals surface area contributed by atoms with Crippen LogP contribution in [0.15, 0.2) is 29.2 Å². The zero-order chi connectivity index (χ0) is 13.0. The fourth-order valence-electron chi connectivity index (χ4n) is 0.705. The first-order valence-electron chi connectivity index (χ1n) is 3.93. The number of hydrogen-bond acceptors (Lipinski definition) is 6. The van der Waals surface area contributed by atoms with Crippen molar-refractivity contribution in [3.63, 3.8) is 0 Å². The van der Waals surface area contributed by atoms with E-state index in [-0.39, 0.29) is 4.90 Å². The Morgan fingerprint density at radius 2 is 1.25 bits per heavy atom. The zero-order valence-electron chi connectivity index (χ0n) is 8.58. The molecule has 1 aromatic rings. The Labute approximate surface area is 94.4 Å². The minimum Gasteiger partial charge on any atom is -0.748 e. The molecule has 0 aromatic heterocycles. The lowest BCUT2D eigenvalue weighted by Crippen LogP contribution is -1.97. The van der Waals surface area contributed by atoms with Gasteiger partial charge < -0.3 is 9.11 Å². The predicted octanol–water partition coefficient (Wildman–Crippen LogP) is 0.0605. The first-order chi connectivity index (χ1) is 7.00. The van der Waals surface area contributed by atoms with Crippen molar-refractivity contribution in [2.45, 2.75) is 11.8 Å². The lowest BCUT2D eigenvalue weighted by Gasteiger charge is -2.05. The van der Waals surface area contributed by atoms with Gasteiger partial charge in [0, 0.05) is 6.26 Å². The number of aryl methyl sites for hydroxylation is 1. The van der Waals surface area contributed by atoms with Crippen LogP contribution in [0.3, 0.4) is 0 Å². The molecule has 0 unspecified atom stereocenters. The van der Waals surface area contributed by atoms with Gasteiger partial charge in [-0.25, -0.2) is 16.8 Å². The summed E-state index contributed by atoms with van der Waals surface area (Å²) < 4.78 is 58.4. The second-order valence-electron chi connectivity index (χ2n) is 2.97. The Morgan fingerprint density at radius 1 is 0.938 bits per heavy atom. The summed E-state index contributed by atoms with van der Waals surface area (Å²) >= 11 is 0. The summed E-state index contributed by atoms with van der Waals surface area (Å²) in [5.74, 6) is 0. The summed E-state index contributed by atoms with van der Waals surface area (Å²) in [6.07, 6.45) is 0.604. The molecular formula is C8H10O6S2-2. The maximum atomic E-state index is 10.4. The van der Waals surface area contributed by atoms with Gasteiger partial charge in [-0.3, -0.25) is 0 Å². The molecule has 0 aliphatic rings. The Balaban J connectivity index is 0.000000385. The highest BCUT2D eigenvalue weighted by molar-refractivity contribution is 7.85. The van der Waals surface area contributed by atoms with Gasteiger partial charge >= 0.3 is 0 Å². The van der Waals surface area contributed by atoms with E-state index in [1.165, 1.54) is 12.1 Å². The summed E-state index contributed by atoms with van der Waals surface area (Å²) in [6.45, 7) is 1.82. The van der Waals surface area contributed by atoms with Crippen LogP contribution in [-0.2, 0) is 20.2 Å². The molecule has 1 aromatic carbocycles. The SMILES string of the molecule is CS(=O)(=O)[O-].Cc1ccc(S(=O)(=O)[O-])cc1. The van der Waals surface area contributed by atoms with Crippen molar-refractivity contribution < 1.29 is 25.9 Å². The topological polar surface area (TPSA) is 114 Å². The van der Waals surface area contributed by atoms with Crippen LogP contribution in [0, 0.1) is 6.92 Å². The highest BCUT2D eigenvalue weighted by Gasteiger charge is 1.97. The fraction of sp³-hybridized carbons (Fsp3) is 0.250. The van der Waals surface area contributed by atoms with Gasteiger partial charge in [0.25, 0.3) is 0 Å². The van der Waals surface area contributed by atoms with Gasteiger partial charge in [-0.2, -0.15) is 0 Å². The maximum absolute atomic E-state index is 10.4. The van der Waals surface area contributed by atoms with Crippen LogP contribution in [-0.4, -0.2) is 32.2 Å². The van der Waals surface area contributed by atoms with Gasteiger partial charge in [0.2, 0.25) is 0 Å². The largest absolute Gasteiger partial charge is 0.748 e. The maximum Gasteiger partial charge on any atom is 0.124 e. The molecule has 0 heterocycles. The van der Waals surface area contributed by atoms with Gasteiger partial charge in [-0.1, -0.05) is 17.7 Å². The summed E-state index contributed by atoms with van der Waals surface area (Å²) in [6, 6.07) is 5.78. The third-order valence-corrected chi connectivity index (χ3v) is 2.16. The summed E-state index contributed by atoms with van der Waals surface area (Å²) in [5.41, 5.74) is 0.928. The van der Waals surface area contributed by atoms with Crippen molar-refractivity contribution in [2.75, 3.05) is 6.26 Å². The van der Waals surface area contributed by atoms with Crippen LogP contribution < -0.4 is 0 Å². The van der Waals surface area contributed by atoms with Gasteiger partial charge in [0.15, 0.2) is 0 Å². The van der Waals surface area contributed by atoms with E-state index in [1.54, 1.807) is 12.1 Å². The van der Waals surface area contributed by atoms with Gasteiger partial charge in [0.05, 0.1) is 15.0 Å². The molecule has 8 heteroatoms. The molecule has 0 atom stereocenters. The van der Waals surface area contributed by atoms with Crippen molar-refractivity contribution in [2.24, 2.45) is 0 Å². The molecule has 0 saturated heterocycles. The summed E-state index contributed by atoms with van der Waals surface area (Å²) in [7, 11) is -8.19. The number of hydrogen-bond donors (Lipinski definition) is 0. The van der Waals surface area contributed by atoms with Gasteiger partial charge in [0.1, 0.15) is 10.1 Å². The van der Waals surface area contributed by atoms with Crippen molar-refractivity contribution in [1.82, 2.24) is 0 Å². The lowest BCUT2D eigenvalue weighted by molar-refractivity contribution is 0.462. The van der Waals surface area contributed by atoms with Crippen LogP contribution in [0.25, 0.3) is 0 Å². The van der Waals surface area contributed by atoms with E-state index in [1.807, 2.05) is 6.92 Å². The second-order valence-corrected chi connectivity index (χ2v) is 5.76. The third kappa shape index (κ3) is 8.36. The van der Waals surface area contributed by atoms with Crippen molar-refractivity contribution in [3.8, 4) is 0 Å². The first-order valence-corrected chi connectivity index (χ1v) is 7.16. The standard InChI is InChI=1S/C7H8O3S.CH4O3S/c1-6-2-4-7(5-3-6)11(8,9)10;1-5(2,3)4/h2-5H,1H3,(H,8,9,10);1H3,(H,2,3,4)/p-2. The molecular weight excluding hydrogens is 256 g/mol. The van der Waals surface area contributed by atoms with E-state index in [9.17, 15) is 13.0 Å². The zero-order valence-corrected chi connectivity index (χ0v) is 10.2. The average Bonchev–Trinajstić information content (AvgIpc) is 1.99. The van der Waals surface area contributed by atoms with Crippen LogP contribution in [0.1, 0.15) is 5.56 Å². The minimum absolute atomic E-state index is 0.178. The molecule has 92 valence electrons. The van der Waals surface area contributed by atoms with Crippen LogP contribution >= 0.6 is 0 Å². The number of benzene rings is 1. The van der Waals surface area contributed by atoms with E-state index in [0.717, 1.165) is 5.56 Å². The van der Waals surface area contributed by atoms with Crippen molar-refractivity contribution >= 4 is 20.2 Å². The number of rotatable bonds is 1. The highest BCUT2D eigenvalue weighted by atomic mass is 32.2. The summed E-state index contributed by atoms with van der Waals surface area (Å²) in [5, 5.41) is 0. The van der Waals surface area contributed by atoms with E-state index >= 15 is 0 Å². The molecule has 0 radical (unpaired) electrons. The Bertz CT molecular complexity index is 518.